The van der Waals surface area contributed by atoms with Gasteiger partial charge in [-0.05, 0) is 23.7 Å². The number of amides is 1. The Kier molecular flexibility index (Phi) is 4.83. The Morgan fingerprint density at radius 1 is 1.68 bits per heavy atom. The molecule has 0 bridgehead atoms. The fourth-order valence-corrected chi connectivity index (χ4v) is 2.47. The number of nitrogens with one attached hydrogen (secondary N) is 2. The molecule has 0 fully saturated rings. The van der Waals surface area contributed by atoms with Crippen LogP contribution < -0.4 is 5.32 Å². The van der Waals surface area contributed by atoms with Crippen LogP contribution in [0.15, 0.2) is 17.5 Å². The number of carbonyl (C=O) groups is 1. The van der Waals surface area contributed by atoms with Crippen LogP contribution in [0.1, 0.15) is 0 Å². The van der Waals surface area contributed by atoms with Crippen molar-refractivity contribution < 1.29 is 9.53 Å². The van der Waals surface area contributed by atoms with Crippen molar-refractivity contribution in [3.05, 3.63) is 22.3 Å². The van der Waals surface area contributed by atoms with E-state index in [2.05, 4.69) is 15.5 Å². The van der Waals surface area contributed by atoms with E-state index in [1.807, 2.05) is 17.5 Å². The van der Waals surface area contributed by atoms with Crippen LogP contribution in [-0.4, -0.2) is 40.9 Å². The maximum Gasteiger partial charge on any atom is 0.240 e. The number of H-pyrrole nitrogens is 1. The number of ether oxygens (including phenoxy) is 1. The lowest BCUT2D eigenvalue weighted by molar-refractivity contribution is -0.121. The molecule has 0 saturated heterocycles. The van der Waals surface area contributed by atoms with Crippen molar-refractivity contribution in [3.63, 3.8) is 0 Å². The van der Waals surface area contributed by atoms with Gasteiger partial charge < -0.3 is 10.1 Å². The van der Waals surface area contributed by atoms with Crippen molar-refractivity contribution >= 4 is 29.5 Å². The van der Waals surface area contributed by atoms with Crippen molar-refractivity contribution in [1.29, 1.82) is 0 Å². The average Bonchev–Trinajstić information content (AvgIpc) is 3.01. The Bertz CT molecular complexity index is 588. The maximum absolute atomic E-state index is 11.8. The topological polar surface area (TPSA) is 71.9 Å². The fourth-order valence-electron chi connectivity index (χ4n) is 1.55. The van der Waals surface area contributed by atoms with Gasteiger partial charge >= 0.3 is 0 Å². The highest BCUT2D eigenvalue weighted by molar-refractivity contribution is 7.71. The van der Waals surface area contributed by atoms with Gasteiger partial charge in [-0.15, -0.1) is 11.3 Å². The van der Waals surface area contributed by atoms with Crippen LogP contribution in [0.2, 0.25) is 0 Å². The van der Waals surface area contributed by atoms with Gasteiger partial charge in [-0.3, -0.25) is 14.5 Å². The van der Waals surface area contributed by atoms with E-state index >= 15 is 0 Å². The van der Waals surface area contributed by atoms with Crippen LogP contribution in [0.5, 0.6) is 0 Å². The lowest BCUT2D eigenvalue weighted by atomic mass is 10.4. The van der Waals surface area contributed by atoms with Gasteiger partial charge in [0.25, 0.3) is 0 Å². The van der Waals surface area contributed by atoms with Crippen molar-refractivity contribution in [2.45, 2.75) is 6.54 Å². The molecule has 0 aliphatic rings. The van der Waals surface area contributed by atoms with Crippen LogP contribution in [0.3, 0.4) is 0 Å². The Morgan fingerprint density at radius 2 is 2.53 bits per heavy atom. The zero-order valence-corrected chi connectivity index (χ0v) is 12.0. The summed E-state index contributed by atoms with van der Waals surface area (Å²) in [6.45, 7) is 1.11. The summed E-state index contributed by atoms with van der Waals surface area (Å²) in [5.74, 6) is 0.564. The van der Waals surface area contributed by atoms with E-state index in [0.717, 1.165) is 4.88 Å². The van der Waals surface area contributed by atoms with Crippen molar-refractivity contribution in [2.75, 3.05) is 20.3 Å². The SMILES string of the molecule is COCCNC(=O)Cn1c(-c2cccs2)n[nH]c1=S. The number of rotatable bonds is 6. The third-order valence-corrected chi connectivity index (χ3v) is 3.61. The summed E-state index contributed by atoms with van der Waals surface area (Å²) in [5, 5.41) is 11.6. The largest absolute Gasteiger partial charge is 0.383 e. The first-order valence-electron chi connectivity index (χ1n) is 5.67. The minimum Gasteiger partial charge on any atom is -0.383 e. The number of hydrogen-bond donors (Lipinski definition) is 2. The van der Waals surface area contributed by atoms with Crippen molar-refractivity contribution in [3.8, 4) is 10.7 Å². The lowest BCUT2D eigenvalue weighted by Crippen LogP contribution is -2.30. The van der Waals surface area contributed by atoms with E-state index in [1.165, 1.54) is 0 Å². The maximum atomic E-state index is 11.8. The van der Waals surface area contributed by atoms with E-state index in [1.54, 1.807) is 23.0 Å². The summed E-state index contributed by atoms with van der Waals surface area (Å²) in [5.41, 5.74) is 0. The van der Waals surface area contributed by atoms with E-state index in [0.29, 0.717) is 23.7 Å². The van der Waals surface area contributed by atoms with E-state index in [9.17, 15) is 4.79 Å². The zero-order valence-electron chi connectivity index (χ0n) is 10.4. The second kappa shape index (κ2) is 6.60. The Labute approximate surface area is 119 Å². The third-order valence-electron chi connectivity index (χ3n) is 2.43. The van der Waals surface area contributed by atoms with Crippen LogP contribution in [0.4, 0.5) is 0 Å². The molecule has 19 heavy (non-hydrogen) atoms. The second-order valence-corrected chi connectivity index (χ2v) is 5.09. The smallest absolute Gasteiger partial charge is 0.240 e. The van der Waals surface area contributed by atoms with Gasteiger partial charge in [-0.1, -0.05) is 6.07 Å². The average molecular weight is 298 g/mol. The predicted molar refractivity (Wildman–Crippen MR) is 75.6 cm³/mol. The summed E-state index contributed by atoms with van der Waals surface area (Å²) in [6, 6.07) is 3.87. The van der Waals surface area contributed by atoms with Gasteiger partial charge in [0, 0.05) is 13.7 Å². The van der Waals surface area contributed by atoms with Gasteiger partial charge in [0.2, 0.25) is 5.91 Å². The molecular formula is C11H14N4O2S2. The Hall–Kier alpha value is -1.51. The molecule has 8 heteroatoms. The molecule has 2 N–H and O–H groups in total. The van der Waals surface area contributed by atoms with Crippen molar-refractivity contribution in [2.24, 2.45) is 0 Å². The van der Waals surface area contributed by atoms with Crippen LogP contribution in [0, 0.1) is 4.77 Å². The highest BCUT2D eigenvalue weighted by Gasteiger charge is 2.12. The van der Waals surface area contributed by atoms with Gasteiger partial charge in [0.1, 0.15) is 6.54 Å². The molecule has 1 amide bonds. The Balaban J connectivity index is 2.10. The quantitative estimate of drug-likeness (QED) is 0.625. The van der Waals surface area contributed by atoms with Gasteiger partial charge in [-0.2, -0.15) is 5.10 Å². The normalized spacial score (nSPS) is 10.6. The minimum atomic E-state index is -0.118. The van der Waals surface area contributed by atoms with Gasteiger partial charge in [0.15, 0.2) is 10.6 Å². The monoisotopic (exact) mass is 298 g/mol. The lowest BCUT2D eigenvalue weighted by Gasteiger charge is -2.06. The Morgan fingerprint density at radius 3 is 3.21 bits per heavy atom. The molecule has 0 radical (unpaired) electrons. The standard InChI is InChI=1S/C11H14N4O2S2/c1-17-5-4-12-9(16)7-15-10(13-14-11(15)18)8-3-2-6-19-8/h2-3,6H,4-5,7H2,1H3,(H,12,16)(H,14,18). The molecule has 102 valence electrons. The third kappa shape index (κ3) is 3.49. The summed E-state index contributed by atoms with van der Waals surface area (Å²) < 4.78 is 6.99. The predicted octanol–water partition coefficient (Wildman–Crippen LogP) is 1.43. The molecule has 0 unspecified atom stereocenters. The molecule has 0 spiro atoms. The first-order chi connectivity index (χ1) is 9.22. The number of carbonyl (C=O) groups excluding carboxylic acids is 1. The molecule has 2 aromatic rings. The number of aromatic nitrogens is 3. The first-order valence-corrected chi connectivity index (χ1v) is 6.96. The van der Waals surface area contributed by atoms with E-state index in [4.69, 9.17) is 17.0 Å². The highest BCUT2D eigenvalue weighted by atomic mass is 32.1. The molecule has 2 rings (SSSR count). The number of aromatic amines is 1. The molecule has 0 aliphatic heterocycles. The summed E-state index contributed by atoms with van der Waals surface area (Å²) >= 11 is 6.70. The summed E-state index contributed by atoms with van der Waals surface area (Å²) in [7, 11) is 1.59. The summed E-state index contributed by atoms with van der Waals surface area (Å²) in [6.07, 6.45) is 0. The van der Waals surface area contributed by atoms with Crippen LogP contribution >= 0.6 is 23.6 Å². The van der Waals surface area contributed by atoms with Crippen molar-refractivity contribution in [1.82, 2.24) is 20.1 Å². The number of nitrogens with zero attached hydrogens (tertiary/aromatic N) is 2. The molecule has 0 saturated carbocycles. The molecule has 0 atom stereocenters. The van der Waals surface area contributed by atoms with Gasteiger partial charge in [-0.25, -0.2) is 0 Å². The summed E-state index contributed by atoms with van der Waals surface area (Å²) in [4.78, 5) is 12.8. The highest BCUT2D eigenvalue weighted by Crippen LogP contribution is 2.22. The molecule has 2 aromatic heterocycles. The van der Waals surface area contributed by atoms with E-state index < -0.39 is 0 Å². The van der Waals surface area contributed by atoms with Gasteiger partial charge in [0.05, 0.1) is 11.5 Å². The van der Waals surface area contributed by atoms with E-state index in [-0.39, 0.29) is 12.5 Å². The number of methoxy groups -OCH3 is 1. The first kappa shape index (κ1) is 13.9. The molecule has 6 nitrogen and oxygen atoms in total. The van der Waals surface area contributed by atoms with Crippen LogP contribution in [0.25, 0.3) is 10.7 Å². The molecule has 2 heterocycles. The van der Waals surface area contributed by atoms with Crippen LogP contribution in [-0.2, 0) is 16.1 Å². The number of thiophene rings is 1. The molecule has 0 aliphatic carbocycles. The molecule has 0 aromatic carbocycles. The minimum absolute atomic E-state index is 0.118. The zero-order chi connectivity index (χ0) is 13.7. The number of hydrogen-bond acceptors (Lipinski definition) is 5. The fraction of sp³-hybridized carbons (Fsp3) is 0.364. The molecular weight excluding hydrogens is 284 g/mol. The second-order valence-electron chi connectivity index (χ2n) is 3.76.